The van der Waals surface area contributed by atoms with Crippen molar-refractivity contribution in [1.82, 2.24) is 15.1 Å². The average molecular weight is 249 g/mol. The Bertz CT molecular complexity index is 429. The molecule has 4 nitrogen and oxygen atoms in total. The second-order valence-corrected chi connectivity index (χ2v) is 4.26. The number of piperidine rings is 1. The van der Waals surface area contributed by atoms with E-state index in [2.05, 4.69) is 10.4 Å². The first kappa shape index (κ1) is 12.2. The summed E-state index contributed by atoms with van der Waals surface area (Å²) in [6.45, 7) is 1.11. The standard InChI is InChI=1S/C10H14F3N3O/c11-10(12,13)8-5-9(17)16(15-8)6-7-3-1-2-4-14-7/h5,7,14-15H,1-4,6H2. The molecule has 1 aromatic rings. The number of H-pyrrole nitrogens is 1. The summed E-state index contributed by atoms with van der Waals surface area (Å²) in [5.41, 5.74) is -1.62. The van der Waals surface area contributed by atoms with Gasteiger partial charge in [0.25, 0.3) is 5.56 Å². The predicted molar refractivity (Wildman–Crippen MR) is 55.7 cm³/mol. The summed E-state index contributed by atoms with van der Waals surface area (Å²) in [4.78, 5) is 11.4. The highest BCUT2D eigenvalue weighted by molar-refractivity contribution is 5.03. The highest BCUT2D eigenvalue weighted by Gasteiger charge is 2.33. The number of aromatic amines is 1. The van der Waals surface area contributed by atoms with Crippen molar-refractivity contribution in [3.05, 3.63) is 22.1 Å². The lowest BCUT2D eigenvalue weighted by molar-refractivity contribution is -0.141. The molecule has 1 aliphatic rings. The minimum absolute atomic E-state index is 0.0705. The zero-order valence-corrected chi connectivity index (χ0v) is 9.18. The van der Waals surface area contributed by atoms with E-state index in [0.717, 1.165) is 30.5 Å². The number of aromatic nitrogens is 2. The zero-order chi connectivity index (χ0) is 12.5. The van der Waals surface area contributed by atoms with Crippen LogP contribution >= 0.6 is 0 Å². The molecule has 2 rings (SSSR count). The first-order chi connectivity index (χ1) is 7.97. The monoisotopic (exact) mass is 249 g/mol. The number of alkyl halides is 3. The minimum atomic E-state index is -4.50. The number of nitrogens with one attached hydrogen (secondary N) is 2. The minimum Gasteiger partial charge on any atom is -0.312 e. The number of rotatable bonds is 2. The van der Waals surface area contributed by atoms with E-state index in [1.165, 1.54) is 0 Å². The molecule has 1 fully saturated rings. The summed E-state index contributed by atoms with van der Waals surface area (Å²) in [6, 6.07) is 0.671. The molecule has 1 aromatic heterocycles. The van der Waals surface area contributed by atoms with Crippen LogP contribution in [0.15, 0.2) is 10.9 Å². The van der Waals surface area contributed by atoms with E-state index in [4.69, 9.17) is 0 Å². The molecule has 0 radical (unpaired) electrons. The van der Waals surface area contributed by atoms with E-state index in [-0.39, 0.29) is 12.6 Å². The van der Waals surface area contributed by atoms with E-state index in [0.29, 0.717) is 6.07 Å². The van der Waals surface area contributed by atoms with Crippen molar-refractivity contribution >= 4 is 0 Å². The summed E-state index contributed by atoms with van der Waals surface area (Å²) in [7, 11) is 0. The Kier molecular flexibility index (Phi) is 3.28. The van der Waals surface area contributed by atoms with E-state index < -0.39 is 17.4 Å². The van der Waals surface area contributed by atoms with E-state index in [1.54, 1.807) is 0 Å². The highest BCUT2D eigenvalue weighted by atomic mass is 19.4. The van der Waals surface area contributed by atoms with Crippen LogP contribution in [0.5, 0.6) is 0 Å². The van der Waals surface area contributed by atoms with Crippen LogP contribution in [0, 0.1) is 0 Å². The normalized spacial score (nSPS) is 21.7. The third-order valence-corrected chi connectivity index (χ3v) is 2.91. The number of hydrogen-bond acceptors (Lipinski definition) is 2. The van der Waals surface area contributed by atoms with E-state index >= 15 is 0 Å². The molecule has 0 aromatic carbocycles. The summed E-state index contributed by atoms with van der Waals surface area (Å²) in [6.07, 6.45) is -1.50. The molecule has 1 saturated heterocycles. The first-order valence-corrected chi connectivity index (χ1v) is 5.57. The van der Waals surface area contributed by atoms with Gasteiger partial charge in [-0.2, -0.15) is 13.2 Å². The lowest BCUT2D eigenvalue weighted by atomic mass is 10.1. The Morgan fingerprint density at radius 2 is 2.18 bits per heavy atom. The molecule has 2 N–H and O–H groups in total. The van der Waals surface area contributed by atoms with Gasteiger partial charge in [-0.05, 0) is 19.4 Å². The molecule has 7 heteroatoms. The van der Waals surface area contributed by atoms with Crippen LogP contribution in [0.3, 0.4) is 0 Å². The van der Waals surface area contributed by atoms with Crippen LogP contribution in [0.25, 0.3) is 0 Å². The van der Waals surface area contributed by atoms with Gasteiger partial charge >= 0.3 is 6.18 Å². The van der Waals surface area contributed by atoms with Crippen molar-refractivity contribution in [2.75, 3.05) is 6.54 Å². The molecule has 2 heterocycles. The van der Waals surface area contributed by atoms with Gasteiger partial charge in [-0.25, -0.2) is 0 Å². The Morgan fingerprint density at radius 1 is 1.41 bits per heavy atom. The van der Waals surface area contributed by atoms with E-state index in [1.807, 2.05) is 0 Å². The molecular weight excluding hydrogens is 235 g/mol. The fourth-order valence-electron chi connectivity index (χ4n) is 2.02. The molecule has 0 aliphatic carbocycles. The molecule has 1 unspecified atom stereocenters. The quantitative estimate of drug-likeness (QED) is 0.831. The molecule has 96 valence electrons. The molecule has 1 aliphatic heterocycles. The maximum Gasteiger partial charge on any atom is 0.432 e. The number of nitrogens with zero attached hydrogens (tertiary/aromatic N) is 1. The molecule has 1 atom stereocenters. The first-order valence-electron chi connectivity index (χ1n) is 5.57. The van der Waals surface area contributed by atoms with Gasteiger partial charge in [0, 0.05) is 12.1 Å². The van der Waals surface area contributed by atoms with Crippen molar-refractivity contribution in [3.8, 4) is 0 Å². The Hall–Kier alpha value is -1.24. The largest absolute Gasteiger partial charge is 0.432 e. The van der Waals surface area contributed by atoms with Crippen molar-refractivity contribution < 1.29 is 13.2 Å². The van der Waals surface area contributed by atoms with Crippen molar-refractivity contribution in [2.45, 2.75) is 38.0 Å². The third-order valence-electron chi connectivity index (χ3n) is 2.91. The highest BCUT2D eigenvalue weighted by Crippen LogP contribution is 2.26. The average Bonchev–Trinajstić information content (AvgIpc) is 2.62. The van der Waals surface area contributed by atoms with Crippen LogP contribution in [0.2, 0.25) is 0 Å². The van der Waals surface area contributed by atoms with Gasteiger partial charge < -0.3 is 5.32 Å². The maximum atomic E-state index is 12.4. The van der Waals surface area contributed by atoms with Crippen LogP contribution < -0.4 is 10.9 Å². The Labute approximate surface area is 95.8 Å². The molecule has 0 bridgehead atoms. The SMILES string of the molecule is O=c1cc(C(F)(F)F)[nH]n1CC1CCCCN1. The van der Waals surface area contributed by atoms with Gasteiger partial charge in [0.15, 0.2) is 0 Å². The van der Waals surface area contributed by atoms with Crippen LogP contribution in [0.1, 0.15) is 25.0 Å². The van der Waals surface area contributed by atoms with Crippen molar-refractivity contribution in [3.63, 3.8) is 0 Å². The topological polar surface area (TPSA) is 49.8 Å². The molecule has 0 spiro atoms. The summed E-state index contributed by atoms with van der Waals surface area (Å²) < 4.78 is 38.1. The van der Waals surface area contributed by atoms with Crippen LogP contribution in [-0.4, -0.2) is 22.4 Å². The van der Waals surface area contributed by atoms with Gasteiger partial charge in [-0.1, -0.05) is 6.42 Å². The predicted octanol–water partition coefficient (Wildman–Crippen LogP) is 1.34. The lowest BCUT2D eigenvalue weighted by Gasteiger charge is -2.23. The van der Waals surface area contributed by atoms with E-state index in [9.17, 15) is 18.0 Å². The molecular formula is C10H14F3N3O. The Balaban J connectivity index is 2.10. The molecule has 17 heavy (non-hydrogen) atoms. The van der Waals surface area contributed by atoms with Gasteiger partial charge in [-0.15, -0.1) is 0 Å². The summed E-state index contributed by atoms with van der Waals surface area (Å²) in [5.74, 6) is 0. The van der Waals surface area contributed by atoms with Crippen molar-refractivity contribution in [1.29, 1.82) is 0 Å². The molecule has 0 saturated carbocycles. The second-order valence-electron chi connectivity index (χ2n) is 4.26. The second kappa shape index (κ2) is 4.56. The smallest absolute Gasteiger partial charge is 0.312 e. The number of hydrogen-bond donors (Lipinski definition) is 2. The van der Waals surface area contributed by atoms with Crippen LogP contribution in [0.4, 0.5) is 13.2 Å². The Morgan fingerprint density at radius 3 is 2.71 bits per heavy atom. The zero-order valence-electron chi connectivity index (χ0n) is 9.18. The fourth-order valence-corrected chi connectivity index (χ4v) is 2.02. The molecule has 0 amide bonds. The summed E-state index contributed by atoms with van der Waals surface area (Å²) >= 11 is 0. The van der Waals surface area contributed by atoms with Crippen molar-refractivity contribution in [2.24, 2.45) is 0 Å². The third kappa shape index (κ3) is 2.91. The van der Waals surface area contributed by atoms with Gasteiger partial charge in [0.05, 0.1) is 6.54 Å². The van der Waals surface area contributed by atoms with Crippen LogP contribution in [-0.2, 0) is 12.7 Å². The fraction of sp³-hybridized carbons (Fsp3) is 0.700. The van der Waals surface area contributed by atoms with Gasteiger partial charge in [0.1, 0.15) is 5.69 Å². The summed E-state index contributed by atoms with van der Waals surface area (Å²) in [5, 5.41) is 5.29. The van der Waals surface area contributed by atoms with Gasteiger partial charge in [-0.3, -0.25) is 14.6 Å². The lowest BCUT2D eigenvalue weighted by Crippen LogP contribution is -2.39. The van der Waals surface area contributed by atoms with Gasteiger partial charge in [0.2, 0.25) is 0 Å². The number of halogens is 3. The maximum absolute atomic E-state index is 12.4.